The third-order valence-electron chi connectivity index (χ3n) is 5.72. The average molecular weight is 371 g/mol. The second-order valence-electron chi connectivity index (χ2n) is 7.43. The number of fused-ring (bicyclic) bond motifs is 2. The Kier molecular flexibility index (Phi) is 3.94. The van der Waals surface area contributed by atoms with Crippen LogP contribution in [0, 0.1) is 0 Å². The molecule has 1 aromatic rings. The standard InChI is InChI=1S/C19H21N3O5/c1-11(16(24)25)22(13-6-7-13)15(23)10-21-17(26)19(20-18(21)27)9-8-12-4-2-3-5-14(12)19/h2-5,11,13H,6-10H2,1H3,(H,20,27)(H,24,25). The molecule has 1 aromatic carbocycles. The van der Waals surface area contributed by atoms with Crippen LogP contribution in [-0.2, 0) is 26.3 Å². The minimum absolute atomic E-state index is 0.134. The second kappa shape index (κ2) is 6.07. The summed E-state index contributed by atoms with van der Waals surface area (Å²) in [6.07, 6.45) is 2.61. The van der Waals surface area contributed by atoms with Gasteiger partial charge in [-0.15, -0.1) is 0 Å². The molecule has 4 rings (SSSR count). The van der Waals surface area contributed by atoms with Crippen LogP contribution in [0.15, 0.2) is 24.3 Å². The maximum atomic E-state index is 13.1. The van der Waals surface area contributed by atoms with Gasteiger partial charge in [-0.05, 0) is 43.7 Å². The van der Waals surface area contributed by atoms with E-state index >= 15 is 0 Å². The van der Waals surface area contributed by atoms with E-state index in [-0.39, 0.29) is 6.04 Å². The number of amides is 4. The number of aliphatic carboxylic acids is 1. The molecule has 1 saturated heterocycles. The van der Waals surface area contributed by atoms with Gasteiger partial charge in [-0.2, -0.15) is 0 Å². The summed E-state index contributed by atoms with van der Waals surface area (Å²) >= 11 is 0. The first-order chi connectivity index (χ1) is 12.8. The second-order valence-corrected chi connectivity index (χ2v) is 7.43. The summed E-state index contributed by atoms with van der Waals surface area (Å²) in [6.45, 7) is 1.00. The van der Waals surface area contributed by atoms with Crippen molar-refractivity contribution in [2.75, 3.05) is 6.54 Å². The smallest absolute Gasteiger partial charge is 0.326 e. The molecule has 1 saturated carbocycles. The van der Waals surface area contributed by atoms with Gasteiger partial charge in [0.05, 0.1) is 0 Å². The fourth-order valence-electron chi connectivity index (χ4n) is 4.16. The summed E-state index contributed by atoms with van der Waals surface area (Å²) in [5, 5.41) is 12.0. The number of hydrogen-bond acceptors (Lipinski definition) is 4. The number of nitrogens with zero attached hydrogens (tertiary/aromatic N) is 2. The highest BCUT2D eigenvalue weighted by Gasteiger charge is 2.56. The molecule has 0 bridgehead atoms. The number of imide groups is 1. The largest absolute Gasteiger partial charge is 0.480 e. The maximum Gasteiger partial charge on any atom is 0.326 e. The molecule has 2 atom stereocenters. The summed E-state index contributed by atoms with van der Waals surface area (Å²) < 4.78 is 0. The monoisotopic (exact) mass is 371 g/mol. The van der Waals surface area contributed by atoms with Crippen LogP contribution in [0.25, 0.3) is 0 Å². The number of hydrogen-bond donors (Lipinski definition) is 2. The van der Waals surface area contributed by atoms with E-state index in [0.717, 1.165) is 28.9 Å². The minimum atomic E-state index is -1.11. The van der Waals surface area contributed by atoms with Crippen LogP contribution >= 0.6 is 0 Å². The van der Waals surface area contributed by atoms with Crippen LogP contribution in [0.4, 0.5) is 4.79 Å². The molecule has 2 aliphatic carbocycles. The van der Waals surface area contributed by atoms with Crippen molar-refractivity contribution in [3.63, 3.8) is 0 Å². The van der Waals surface area contributed by atoms with Crippen LogP contribution in [0.1, 0.15) is 37.3 Å². The highest BCUT2D eigenvalue weighted by atomic mass is 16.4. The van der Waals surface area contributed by atoms with Crippen molar-refractivity contribution >= 4 is 23.8 Å². The van der Waals surface area contributed by atoms with Crippen molar-refractivity contribution < 1.29 is 24.3 Å². The number of carbonyl (C=O) groups is 4. The van der Waals surface area contributed by atoms with Gasteiger partial charge >= 0.3 is 12.0 Å². The van der Waals surface area contributed by atoms with E-state index < -0.39 is 41.9 Å². The molecule has 2 fully saturated rings. The van der Waals surface area contributed by atoms with Gasteiger partial charge in [0.15, 0.2) is 0 Å². The van der Waals surface area contributed by atoms with E-state index in [2.05, 4.69) is 5.32 Å². The molecule has 8 nitrogen and oxygen atoms in total. The molecule has 1 spiro atoms. The summed E-state index contributed by atoms with van der Waals surface area (Å²) in [5.41, 5.74) is 0.672. The molecule has 142 valence electrons. The lowest BCUT2D eigenvalue weighted by molar-refractivity contribution is -0.151. The molecule has 2 N–H and O–H groups in total. The van der Waals surface area contributed by atoms with Gasteiger partial charge < -0.3 is 15.3 Å². The molecule has 0 radical (unpaired) electrons. The Bertz CT molecular complexity index is 850. The summed E-state index contributed by atoms with van der Waals surface area (Å²) in [5.74, 6) is -2.06. The highest BCUT2D eigenvalue weighted by molar-refractivity contribution is 6.10. The number of nitrogens with one attached hydrogen (secondary N) is 1. The maximum absolute atomic E-state index is 13.1. The van der Waals surface area contributed by atoms with Gasteiger partial charge in [0.2, 0.25) is 5.91 Å². The molecule has 1 heterocycles. The minimum Gasteiger partial charge on any atom is -0.480 e. The van der Waals surface area contributed by atoms with Gasteiger partial charge in [0, 0.05) is 6.04 Å². The zero-order chi connectivity index (χ0) is 19.3. The first kappa shape index (κ1) is 17.5. The lowest BCUT2D eigenvalue weighted by Gasteiger charge is -2.28. The van der Waals surface area contributed by atoms with Gasteiger partial charge in [-0.1, -0.05) is 24.3 Å². The Balaban J connectivity index is 1.57. The van der Waals surface area contributed by atoms with E-state index in [1.54, 1.807) is 0 Å². The molecule has 1 aliphatic heterocycles. The van der Waals surface area contributed by atoms with E-state index in [9.17, 15) is 24.3 Å². The summed E-state index contributed by atoms with van der Waals surface area (Å²) in [4.78, 5) is 51.9. The molecule has 3 aliphatic rings. The van der Waals surface area contributed by atoms with Gasteiger partial charge in [-0.25, -0.2) is 9.59 Å². The van der Waals surface area contributed by atoms with Crippen LogP contribution in [0.3, 0.4) is 0 Å². The number of aryl methyl sites for hydroxylation is 1. The van der Waals surface area contributed by atoms with Gasteiger partial charge in [-0.3, -0.25) is 14.5 Å². The topological polar surface area (TPSA) is 107 Å². The Labute approximate surface area is 156 Å². The lowest BCUT2D eigenvalue weighted by Crippen LogP contribution is -2.50. The molecule has 0 aromatic heterocycles. The van der Waals surface area contributed by atoms with Gasteiger partial charge in [0.1, 0.15) is 18.1 Å². The quantitative estimate of drug-likeness (QED) is 0.746. The zero-order valence-electron chi connectivity index (χ0n) is 15.0. The number of carbonyl (C=O) groups excluding carboxylic acids is 3. The number of rotatable bonds is 5. The van der Waals surface area contributed by atoms with Crippen LogP contribution in [0.5, 0.6) is 0 Å². The Morgan fingerprint density at radius 1 is 1.33 bits per heavy atom. The SMILES string of the molecule is CC(C(=O)O)N(C(=O)CN1C(=O)NC2(CCc3ccccc32)C1=O)C1CC1. The van der Waals surface area contributed by atoms with Crippen molar-refractivity contribution in [1.82, 2.24) is 15.1 Å². The van der Waals surface area contributed by atoms with Gasteiger partial charge in [0.25, 0.3) is 5.91 Å². The fraction of sp³-hybridized carbons (Fsp3) is 0.474. The van der Waals surface area contributed by atoms with Crippen molar-refractivity contribution in [2.24, 2.45) is 0 Å². The van der Waals surface area contributed by atoms with E-state index in [0.29, 0.717) is 12.8 Å². The van der Waals surface area contributed by atoms with Crippen LogP contribution < -0.4 is 5.32 Å². The third kappa shape index (κ3) is 2.67. The van der Waals surface area contributed by atoms with Crippen molar-refractivity contribution in [1.29, 1.82) is 0 Å². The first-order valence-electron chi connectivity index (χ1n) is 9.11. The van der Waals surface area contributed by atoms with Crippen molar-refractivity contribution in [3.05, 3.63) is 35.4 Å². The number of carboxylic acid groups (broad SMARTS) is 1. The lowest BCUT2D eigenvalue weighted by atomic mass is 9.92. The van der Waals surface area contributed by atoms with Crippen molar-refractivity contribution in [2.45, 2.75) is 50.2 Å². The Morgan fingerprint density at radius 3 is 2.70 bits per heavy atom. The van der Waals surface area contributed by atoms with Crippen LogP contribution in [-0.4, -0.2) is 57.3 Å². The summed E-state index contributed by atoms with van der Waals surface area (Å²) in [6, 6.07) is 5.74. The molecule has 8 heteroatoms. The van der Waals surface area contributed by atoms with E-state index in [1.807, 2.05) is 24.3 Å². The zero-order valence-corrected chi connectivity index (χ0v) is 15.0. The molecule has 27 heavy (non-hydrogen) atoms. The van der Waals surface area contributed by atoms with Crippen molar-refractivity contribution in [3.8, 4) is 0 Å². The number of urea groups is 1. The predicted molar refractivity (Wildman–Crippen MR) is 93.7 cm³/mol. The number of benzene rings is 1. The van der Waals surface area contributed by atoms with E-state index in [1.165, 1.54) is 11.8 Å². The average Bonchev–Trinajstić information content (AvgIpc) is 3.36. The normalized spacial score (nSPS) is 24.7. The molecule has 4 amide bonds. The van der Waals surface area contributed by atoms with E-state index in [4.69, 9.17) is 0 Å². The third-order valence-corrected chi connectivity index (χ3v) is 5.72. The Morgan fingerprint density at radius 2 is 2.04 bits per heavy atom. The number of carboxylic acids is 1. The van der Waals surface area contributed by atoms with Crippen LogP contribution in [0.2, 0.25) is 0 Å². The molecule has 2 unspecified atom stereocenters. The predicted octanol–water partition coefficient (Wildman–Crippen LogP) is 0.844. The first-order valence-corrected chi connectivity index (χ1v) is 9.11. The summed E-state index contributed by atoms with van der Waals surface area (Å²) in [7, 11) is 0. The Hall–Kier alpha value is -2.90. The molecular weight excluding hydrogens is 350 g/mol. The highest BCUT2D eigenvalue weighted by Crippen LogP contribution is 2.41. The fourth-order valence-corrected chi connectivity index (χ4v) is 4.16. The molecular formula is C19H21N3O5.